The highest BCUT2D eigenvalue weighted by molar-refractivity contribution is 5.86. The van der Waals surface area contributed by atoms with Gasteiger partial charge in [-0.1, -0.05) is 30.3 Å². The molecule has 2 saturated heterocycles. The van der Waals surface area contributed by atoms with E-state index in [1.807, 2.05) is 18.2 Å². The number of rotatable bonds is 7. The van der Waals surface area contributed by atoms with Crippen LogP contribution in [0.2, 0.25) is 0 Å². The summed E-state index contributed by atoms with van der Waals surface area (Å²) in [6.45, 7) is 5.94. The van der Waals surface area contributed by atoms with Gasteiger partial charge in [-0.15, -0.1) is 0 Å². The second kappa shape index (κ2) is 11.3. The molecule has 3 rings (SSSR count). The van der Waals surface area contributed by atoms with E-state index >= 15 is 0 Å². The third kappa shape index (κ3) is 6.53. The topological polar surface area (TPSA) is 70.2 Å². The standard InChI is InChI=1S/C24H35N3O4/c1-3-31-24(30)20-11-14-27(15-12-20)22(28)18-25(2)23(29)21-10-7-13-26(17-21)16-19-8-5-4-6-9-19/h4-6,8-9,20-21H,3,7,10-18H2,1-2H3. The highest BCUT2D eigenvalue weighted by Crippen LogP contribution is 2.22. The van der Waals surface area contributed by atoms with E-state index in [4.69, 9.17) is 4.74 Å². The van der Waals surface area contributed by atoms with Gasteiger partial charge >= 0.3 is 5.97 Å². The van der Waals surface area contributed by atoms with E-state index in [-0.39, 0.29) is 36.2 Å². The van der Waals surface area contributed by atoms with E-state index in [1.165, 1.54) is 5.56 Å². The molecule has 2 heterocycles. The molecule has 0 aromatic heterocycles. The summed E-state index contributed by atoms with van der Waals surface area (Å²) in [5.74, 6) is -0.354. The molecule has 2 fully saturated rings. The maximum atomic E-state index is 13.0. The summed E-state index contributed by atoms with van der Waals surface area (Å²) < 4.78 is 5.09. The summed E-state index contributed by atoms with van der Waals surface area (Å²) in [6, 6.07) is 10.3. The first kappa shape index (κ1) is 23.3. The zero-order valence-corrected chi connectivity index (χ0v) is 18.8. The summed E-state index contributed by atoms with van der Waals surface area (Å²) in [6.07, 6.45) is 3.11. The van der Waals surface area contributed by atoms with Crippen LogP contribution in [0.15, 0.2) is 30.3 Å². The molecule has 170 valence electrons. The number of hydrogen-bond donors (Lipinski definition) is 0. The third-order valence-corrected chi connectivity index (χ3v) is 6.32. The Balaban J connectivity index is 1.45. The lowest BCUT2D eigenvalue weighted by Gasteiger charge is -2.35. The summed E-state index contributed by atoms with van der Waals surface area (Å²) in [7, 11) is 1.72. The third-order valence-electron chi connectivity index (χ3n) is 6.32. The molecule has 0 bridgehead atoms. The van der Waals surface area contributed by atoms with Gasteiger partial charge in [-0.05, 0) is 44.7 Å². The number of carbonyl (C=O) groups excluding carboxylic acids is 3. The molecular weight excluding hydrogens is 394 g/mol. The van der Waals surface area contributed by atoms with E-state index in [1.54, 1.807) is 23.8 Å². The molecule has 1 aromatic rings. The van der Waals surface area contributed by atoms with Crippen LogP contribution in [0.25, 0.3) is 0 Å². The van der Waals surface area contributed by atoms with Gasteiger partial charge in [-0.2, -0.15) is 0 Å². The first-order valence-corrected chi connectivity index (χ1v) is 11.4. The monoisotopic (exact) mass is 429 g/mol. The molecular formula is C24H35N3O4. The van der Waals surface area contributed by atoms with E-state index in [0.717, 1.165) is 32.5 Å². The fourth-order valence-corrected chi connectivity index (χ4v) is 4.56. The predicted molar refractivity (Wildman–Crippen MR) is 118 cm³/mol. The van der Waals surface area contributed by atoms with Crippen molar-refractivity contribution in [2.75, 3.05) is 46.4 Å². The van der Waals surface area contributed by atoms with Crippen molar-refractivity contribution in [1.29, 1.82) is 0 Å². The molecule has 2 aliphatic heterocycles. The molecule has 0 radical (unpaired) electrons. The first-order chi connectivity index (χ1) is 15.0. The van der Waals surface area contributed by atoms with Crippen LogP contribution in [-0.4, -0.2) is 78.9 Å². The van der Waals surface area contributed by atoms with Gasteiger partial charge in [0.25, 0.3) is 0 Å². The largest absolute Gasteiger partial charge is 0.466 e. The minimum Gasteiger partial charge on any atom is -0.466 e. The molecule has 2 amide bonds. The number of benzene rings is 1. The van der Waals surface area contributed by atoms with Crippen molar-refractivity contribution in [1.82, 2.24) is 14.7 Å². The molecule has 0 saturated carbocycles. The molecule has 1 atom stereocenters. The van der Waals surface area contributed by atoms with Crippen molar-refractivity contribution in [3.63, 3.8) is 0 Å². The average molecular weight is 430 g/mol. The lowest BCUT2D eigenvalue weighted by Crippen LogP contribution is -2.48. The van der Waals surface area contributed by atoms with Gasteiger partial charge in [0.1, 0.15) is 0 Å². The maximum Gasteiger partial charge on any atom is 0.309 e. The summed E-state index contributed by atoms with van der Waals surface area (Å²) in [4.78, 5) is 43.3. The Hall–Kier alpha value is -2.41. The molecule has 31 heavy (non-hydrogen) atoms. The molecule has 0 spiro atoms. The normalized spacial score (nSPS) is 20.3. The highest BCUT2D eigenvalue weighted by atomic mass is 16.5. The fourth-order valence-electron chi connectivity index (χ4n) is 4.56. The molecule has 7 heteroatoms. The number of hydrogen-bond acceptors (Lipinski definition) is 5. The first-order valence-electron chi connectivity index (χ1n) is 11.4. The van der Waals surface area contributed by atoms with Crippen molar-refractivity contribution >= 4 is 17.8 Å². The number of likely N-dealkylation sites (tertiary alicyclic amines) is 2. The van der Waals surface area contributed by atoms with Crippen LogP contribution in [0.4, 0.5) is 0 Å². The zero-order chi connectivity index (χ0) is 22.2. The molecule has 1 unspecified atom stereocenters. The summed E-state index contributed by atoms with van der Waals surface area (Å²) in [5, 5.41) is 0. The minimum atomic E-state index is -0.167. The van der Waals surface area contributed by atoms with Crippen molar-refractivity contribution in [3.05, 3.63) is 35.9 Å². The Bertz CT molecular complexity index is 746. The van der Waals surface area contributed by atoms with Crippen LogP contribution < -0.4 is 0 Å². The lowest BCUT2D eigenvalue weighted by molar-refractivity contribution is -0.151. The average Bonchev–Trinajstić information content (AvgIpc) is 2.79. The van der Waals surface area contributed by atoms with Crippen molar-refractivity contribution < 1.29 is 19.1 Å². The van der Waals surface area contributed by atoms with Crippen LogP contribution >= 0.6 is 0 Å². The predicted octanol–water partition coefficient (Wildman–Crippen LogP) is 2.16. The summed E-state index contributed by atoms with van der Waals surface area (Å²) >= 11 is 0. The van der Waals surface area contributed by atoms with E-state index in [9.17, 15) is 14.4 Å². The van der Waals surface area contributed by atoms with Gasteiger partial charge in [0.2, 0.25) is 11.8 Å². The number of esters is 1. The molecule has 2 aliphatic rings. The number of likely N-dealkylation sites (N-methyl/N-ethyl adjacent to an activating group) is 1. The molecule has 1 aromatic carbocycles. The van der Waals surface area contributed by atoms with Crippen LogP contribution in [-0.2, 0) is 25.7 Å². The summed E-state index contributed by atoms with van der Waals surface area (Å²) in [5.41, 5.74) is 1.25. The minimum absolute atomic E-state index is 0.0462. The van der Waals surface area contributed by atoms with Crippen molar-refractivity contribution in [2.24, 2.45) is 11.8 Å². The Morgan fingerprint density at radius 3 is 2.42 bits per heavy atom. The van der Waals surface area contributed by atoms with Gasteiger partial charge in [-0.3, -0.25) is 19.3 Å². The fraction of sp³-hybridized carbons (Fsp3) is 0.625. The second-order valence-electron chi connectivity index (χ2n) is 8.66. The van der Waals surface area contributed by atoms with Crippen LogP contribution in [0, 0.1) is 11.8 Å². The Morgan fingerprint density at radius 2 is 1.74 bits per heavy atom. The van der Waals surface area contributed by atoms with Gasteiger partial charge in [-0.25, -0.2) is 0 Å². The van der Waals surface area contributed by atoms with Crippen LogP contribution in [0.3, 0.4) is 0 Å². The van der Waals surface area contributed by atoms with Gasteiger partial charge in [0.05, 0.1) is 25.0 Å². The van der Waals surface area contributed by atoms with Crippen molar-refractivity contribution in [3.8, 4) is 0 Å². The van der Waals surface area contributed by atoms with Gasteiger partial charge in [0.15, 0.2) is 0 Å². The van der Waals surface area contributed by atoms with Gasteiger partial charge in [0, 0.05) is 33.2 Å². The van der Waals surface area contributed by atoms with Crippen LogP contribution in [0.5, 0.6) is 0 Å². The zero-order valence-electron chi connectivity index (χ0n) is 18.8. The maximum absolute atomic E-state index is 13.0. The highest BCUT2D eigenvalue weighted by Gasteiger charge is 2.31. The number of ether oxygens (including phenoxy) is 1. The Kier molecular flexibility index (Phi) is 8.46. The second-order valence-corrected chi connectivity index (χ2v) is 8.66. The number of amides is 2. The molecule has 0 aliphatic carbocycles. The van der Waals surface area contributed by atoms with Crippen molar-refractivity contribution in [2.45, 2.75) is 39.2 Å². The van der Waals surface area contributed by atoms with E-state index < -0.39 is 0 Å². The Labute approximate surface area is 185 Å². The number of carbonyl (C=O) groups is 3. The van der Waals surface area contributed by atoms with E-state index in [2.05, 4.69) is 17.0 Å². The SMILES string of the molecule is CCOC(=O)C1CCN(C(=O)CN(C)C(=O)C2CCCN(Cc3ccccc3)C2)CC1. The van der Waals surface area contributed by atoms with E-state index in [0.29, 0.717) is 32.5 Å². The lowest BCUT2D eigenvalue weighted by atomic mass is 9.96. The number of nitrogens with zero attached hydrogens (tertiary/aromatic N) is 3. The Morgan fingerprint density at radius 1 is 1.03 bits per heavy atom. The quantitative estimate of drug-likeness (QED) is 0.622. The van der Waals surface area contributed by atoms with Gasteiger partial charge < -0.3 is 14.5 Å². The number of piperidine rings is 2. The van der Waals surface area contributed by atoms with Crippen LogP contribution in [0.1, 0.15) is 38.2 Å². The molecule has 7 nitrogen and oxygen atoms in total. The smallest absolute Gasteiger partial charge is 0.309 e. The molecule has 0 N–H and O–H groups in total.